The molecule has 2 aromatic rings. The van der Waals surface area contributed by atoms with Gasteiger partial charge in [0.25, 0.3) is 0 Å². The van der Waals surface area contributed by atoms with Crippen molar-refractivity contribution in [1.29, 1.82) is 5.26 Å². The van der Waals surface area contributed by atoms with Gasteiger partial charge in [-0.25, -0.2) is 4.68 Å². The zero-order chi connectivity index (χ0) is 16.3. The van der Waals surface area contributed by atoms with E-state index in [-0.39, 0.29) is 0 Å². The van der Waals surface area contributed by atoms with E-state index in [2.05, 4.69) is 21.3 Å². The highest BCUT2D eigenvalue weighted by molar-refractivity contribution is 5.42. The molecule has 120 valence electrons. The number of aromatic nitrogens is 3. The smallest absolute Gasteiger partial charge is 0.123 e. The van der Waals surface area contributed by atoms with Crippen molar-refractivity contribution in [2.45, 2.75) is 25.1 Å². The summed E-state index contributed by atoms with van der Waals surface area (Å²) in [6.45, 7) is 2.40. The van der Waals surface area contributed by atoms with Crippen LogP contribution in [0.2, 0.25) is 0 Å². The second-order valence-electron chi connectivity index (χ2n) is 5.92. The van der Waals surface area contributed by atoms with E-state index >= 15 is 0 Å². The molecule has 0 radical (unpaired) electrons. The normalized spacial score (nSPS) is 21.3. The van der Waals surface area contributed by atoms with Gasteiger partial charge in [-0.3, -0.25) is 4.90 Å². The number of ether oxygens (including phenoxy) is 1. The average Bonchev–Trinajstić information content (AvgIpc) is 3.17. The van der Waals surface area contributed by atoms with Crippen LogP contribution in [-0.2, 0) is 13.1 Å². The minimum atomic E-state index is -0.812. The SMILES string of the molecule is COc1ccc(C#N)cc1CN1CCC(O)(Cn2ccnn2)C1. The van der Waals surface area contributed by atoms with E-state index in [9.17, 15) is 5.11 Å². The predicted molar refractivity (Wildman–Crippen MR) is 82.6 cm³/mol. The molecule has 1 fully saturated rings. The number of rotatable bonds is 5. The van der Waals surface area contributed by atoms with Gasteiger partial charge in [0.05, 0.1) is 37.1 Å². The lowest BCUT2D eigenvalue weighted by atomic mass is 10.0. The number of hydrogen-bond acceptors (Lipinski definition) is 6. The maximum absolute atomic E-state index is 10.7. The zero-order valence-corrected chi connectivity index (χ0v) is 13.0. The molecule has 2 heterocycles. The first kappa shape index (κ1) is 15.5. The fraction of sp³-hybridized carbons (Fsp3) is 0.438. The highest BCUT2D eigenvalue weighted by atomic mass is 16.5. The van der Waals surface area contributed by atoms with Crippen LogP contribution in [0.3, 0.4) is 0 Å². The predicted octanol–water partition coefficient (Wildman–Crippen LogP) is 0.795. The van der Waals surface area contributed by atoms with E-state index in [1.807, 2.05) is 12.1 Å². The number of β-amino-alcohol motifs (C(OH)–C–C–N with tert-alkyl or cyclic N) is 1. The van der Waals surface area contributed by atoms with Gasteiger partial charge < -0.3 is 9.84 Å². The Labute approximate surface area is 134 Å². The lowest BCUT2D eigenvalue weighted by Crippen LogP contribution is -2.37. The summed E-state index contributed by atoms with van der Waals surface area (Å²) in [7, 11) is 1.62. The molecule has 3 rings (SSSR count). The molecule has 7 heteroatoms. The molecule has 1 aromatic carbocycles. The fourth-order valence-corrected chi connectivity index (χ4v) is 3.04. The van der Waals surface area contributed by atoms with E-state index in [0.717, 1.165) is 17.9 Å². The Morgan fingerprint density at radius 1 is 1.48 bits per heavy atom. The van der Waals surface area contributed by atoms with E-state index in [1.165, 1.54) is 0 Å². The first-order valence-electron chi connectivity index (χ1n) is 7.48. The molecule has 1 aliphatic rings. The fourth-order valence-electron chi connectivity index (χ4n) is 3.04. The quantitative estimate of drug-likeness (QED) is 0.878. The number of aliphatic hydroxyl groups is 1. The van der Waals surface area contributed by atoms with E-state index in [0.29, 0.717) is 31.6 Å². The summed E-state index contributed by atoms with van der Waals surface area (Å²) in [5.74, 6) is 0.760. The number of nitriles is 1. The van der Waals surface area contributed by atoms with Gasteiger partial charge in [-0.15, -0.1) is 5.10 Å². The molecule has 1 saturated heterocycles. The Morgan fingerprint density at radius 3 is 3.04 bits per heavy atom. The largest absolute Gasteiger partial charge is 0.496 e. The van der Waals surface area contributed by atoms with Crippen LogP contribution in [0.1, 0.15) is 17.5 Å². The third-order valence-corrected chi connectivity index (χ3v) is 4.14. The van der Waals surface area contributed by atoms with Crippen LogP contribution in [0, 0.1) is 11.3 Å². The van der Waals surface area contributed by atoms with Crippen molar-refractivity contribution >= 4 is 0 Å². The van der Waals surface area contributed by atoms with Crippen LogP contribution >= 0.6 is 0 Å². The molecule has 1 unspecified atom stereocenters. The second-order valence-corrected chi connectivity index (χ2v) is 5.92. The Balaban J connectivity index is 1.69. The molecular weight excluding hydrogens is 294 g/mol. The van der Waals surface area contributed by atoms with Crippen molar-refractivity contribution in [3.8, 4) is 11.8 Å². The third-order valence-electron chi connectivity index (χ3n) is 4.14. The molecule has 23 heavy (non-hydrogen) atoms. The Kier molecular flexibility index (Phi) is 4.28. The van der Waals surface area contributed by atoms with Crippen LogP contribution in [0.15, 0.2) is 30.6 Å². The first-order chi connectivity index (χ1) is 11.1. The molecule has 1 atom stereocenters. The van der Waals surface area contributed by atoms with Crippen LogP contribution in [0.5, 0.6) is 5.75 Å². The molecule has 0 spiro atoms. The molecular formula is C16H19N5O2. The molecule has 0 bridgehead atoms. The van der Waals surface area contributed by atoms with Crippen LogP contribution < -0.4 is 4.74 Å². The molecule has 7 nitrogen and oxygen atoms in total. The lowest BCUT2D eigenvalue weighted by molar-refractivity contribution is 0.0274. The van der Waals surface area contributed by atoms with Crippen molar-refractivity contribution < 1.29 is 9.84 Å². The summed E-state index contributed by atoms with van der Waals surface area (Å²) in [4.78, 5) is 2.16. The van der Waals surface area contributed by atoms with Gasteiger partial charge in [0, 0.05) is 31.4 Å². The number of hydrogen-bond donors (Lipinski definition) is 1. The summed E-state index contributed by atoms with van der Waals surface area (Å²) >= 11 is 0. The van der Waals surface area contributed by atoms with E-state index < -0.39 is 5.60 Å². The molecule has 0 amide bonds. The summed E-state index contributed by atoms with van der Waals surface area (Å²) in [6.07, 6.45) is 4.03. The van der Waals surface area contributed by atoms with Crippen molar-refractivity contribution in [1.82, 2.24) is 19.9 Å². The zero-order valence-electron chi connectivity index (χ0n) is 13.0. The van der Waals surface area contributed by atoms with Crippen molar-refractivity contribution in [3.05, 3.63) is 41.7 Å². The maximum atomic E-state index is 10.7. The standard InChI is InChI=1S/C16H19N5O2/c1-23-15-3-2-13(9-17)8-14(15)10-20-6-4-16(22,11-20)12-21-7-5-18-19-21/h2-3,5,7-8,22H,4,6,10-12H2,1H3. The average molecular weight is 313 g/mol. The topological polar surface area (TPSA) is 87.2 Å². The number of nitrogens with zero attached hydrogens (tertiary/aromatic N) is 5. The second kappa shape index (κ2) is 6.36. The van der Waals surface area contributed by atoms with Gasteiger partial charge in [0.1, 0.15) is 5.75 Å². The molecule has 1 aliphatic heterocycles. The minimum absolute atomic E-state index is 0.429. The van der Waals surface area contributed by atoms with Crippen LogP contribution in [0.25, 0.3) is 0 Å². The summed E-state index contributed by atoms with van der Waals surface area (Å²) in [6, 6.07) is 7.54. The number of likely N-dealkylation sites (tertiary alicyclic amines) is 1. The monoisotopic (exact) mass is 313 g/mol. The maximum Gasteiger partial charge on any atom is 0.123 e. The third kappa shape index (κ3) is 3.50. The van der Waals surface area contributed by atoms with Crippen LogP contribution in [-0.4, -0.2) is 50.8 Å². The molecule has 1 aromatic heterocycles. The Bertz CT molecular complexity index is 710. The number of methoxy groups -OCH3 is 1. The van der Waals surface area contributed by atoms with Crippen molar-refractivity contribution in [2.75, 3.05) is 20.2 Å². The molecule has 1 N–H and O–H groups in total. The number of benzene rings is 1. The highest BCUT2D eigenvalue weighted by Crippen LogP contribution is 2.27. The van der Waals surface area contributed by atoms with Gasteiger partial charge in [0.2, 0.25) is 0 Å². The Hall–Kier alpha value is -2.43. The summed E-state index contributed by atoms with van der Waals surface area (Å²) in [5.41, 5.74) is 0.753. The van der Waals surface area contributed by atoms with Gasteiger partial charge in [-0.2, -0.15) is 5.26 Å². The first-order valence-corrected chi connectivity index (χ1v) is 7.48. The minimum Gasteiger partial charge on any atom is -0.496 e. The van der Waals surface area contributed by atoms with Gasteiger partial charge in [-0.1, -0.05) is 5.21 Å². The van der Waals surface area contributed by atoms with Gasteiger partial charge in [-0.05, 0) is 24.6 Å². The lowest BCUT2D eigenvalue weighted by Gasteiger charge is -2.23. The summed E-state index contributed by atoms with van der Waals surface area (Å²) < 4.78 is 7.02. The van der Waals surface area contributed by atoms with Crippen molar-refractivity contribution in [3.63, 3.8) is 0 Å². The van der Waals surface area contributed by atoms with Gasteiger partial charge >= 0.3 is 0 Å². The molecule has 0 saturated carbocycles. The van der Waals surface area contributed by atoms with Crippen LogP contribution in [0.4, 0.5) is 0 Å². The highest BCUT2D eigenvalue weighted by Gasteiger charge is 2.36. The van der Waals surface area contributed by atoms with Crippen molar-refractivity contribution in [2.24, 2.45) is 0 Å². The summed E-state index contributed by atoms with van der Waals surface area (Å²) in [5, 5.41) is 27.5. The molecule has 0 aliphatic carbocycles. The Morgan fingerprint density at radius 2 is 2.35 bits per heavy atom. The van der Waals surface area contributed by atoms with E-state index in [4.69, 9.17) is 10.00 Å². The van der Waals surface area contributed by atoms with Gasteiger partial charge in [0.15, 0.2) is 0 Å². The van der Waals surface area contributed by atoms with E-state index in [1.54, 1.807) is 30.3 Å².